The van der Waals surface area contributed by atoms with E-state index < -0.39 is 0 Å². The van der Waals surface area contributed by atoms with E-state index >= 15 is 0 Å². The summed E-state index contributed by atoms with van der Waals surface area (Å²) in [4.78, 5) is 12.1. The first-order valence-electron chi connectivity index (χ1n) is 6.13. The highest BCUT2D eigenvalue weighted by molar-refractivity contribution is 6.05. The third-order valence-corrected chi connectivity index (χ3v) is 2.82. The van der Waals surface area contributed by atoms with E-state index in [9.17, 15) is 4.79 Å². The maximum Gasteiger partial charge on any atom is 0.203 e. The van der Waals surface area contributed by atoms with Crippen LogP contribution in [-0.4, -0.2) is 22.7 Å². The van der Waals surface area contributed by atoms with Crippen molar-refractivity contribution in [2.75, 3.05) is 7.11 Å². The standard InChI is InChI=1S/C15H16N2O2/c1-3-17-13(10-11-16-17)14(18)9-8-12-6-4-5-7-15(12)19-2/h4-11H,3H2,1-2H3/b9-8+. The predicted octanol–water partition coefficient (Wildman–Crippen LogP) is 2.81. The first kappa shape index (κ1) is 13.1. The first-order chi connectivity index (χ1) is 9.26. The fourth-order valence-electron chi connectivity index (χ4n) is 1.85. The molecule has 0 aliphatic carbocycles. The van der Waals surface area contributed by atoms with Gasteiger partial charge < -0.3 is 4.74 Å². The molecule has 0 aliphatic heterocycles. The zero-order chi connectivity index (χ0) is 13.7. The van der Waals surface area contributed by atoms with Crippen molar-refractivity contribution in [1.82, 2.24) is 9.78 Å². The minimum Gasteiger partial charge on any atom is -0.496 e. The van der Waals surface area contributed by atoms with Crippen LogP contribution in [0.25, 0.3) is 6.08 Å². The van der Waals surface area contributed by atoms with Gasteiger partial charge in [-0.1, -0.05) is 18.2 Å². The van der Waals surface area contributed by atoms with Gasteiger partial charge in [0.15, 0.2) is 0 Å². The zero-order valence-electron chi connectivity index (χ0n) is 11.0. The number of para-hydroxylation sites is 1. The van der Waals surface area contributed by atoms with Crippen LogP contribution >= 0.6 is 0 Å². The second-order valence-corrected chi connectivity index (χ2v) is 3.97. The summed E-state index contributed by atoms with van der Waals surface area (Å²) < 4.78 is 6.91. The summed E-state index contributed by atoms with van der Waals surface area (Å²) in [7, 11) is 1.61. The number of hydrogen-bond donors (Lipinski definition) is 0. The third-order valence-electron chi connectivity index (χ3n) is 2.82. The van der Waals surface area contributed by atoms with E-state index in [4.69, 9.17) is 4.74 Å². The Morgan fingerprint density at radius 1 is 1.37 bits per heavy atom. The lowest BCUT2D eigenvalue weighted by atomic mass is 10.1. The van der Waals surface area contributed by atoms with Gasteiger partial charge in [0.2, 0.25) is 5.78 Å². The lowest BCUT2D eigenvalue weighted by molar-refractivity contribution is 0.103. The second-order valence-electron chi connectivity index (χ2n) is 3.97. The fraction of sp³-hybridized carbons (Fsp3) is 0.200. The molecule has 1 aromatic carbocycles. The van der Waals surface area contributed by atoms with Crippen molar-refractivity contribution < 1.29 is 9.53 Å². The SMILES string of the molecule is CCn1nccc1C(=O)/C=C/c1ccccc1OC. The van der Waals surface area contributed by atoms with E-state index in [1.165, 1.54) is 0 Å². The number of nitrogens with zero attached hydrogens (tertiary/aromatic N) is 2. The van der Waals surface area contributed by atoms with Crippen molar-refractivity contribution in [2.45, 2.75) is 13.5 Å². The van der Waals surface area contributed by atoms with Gasteiger partial charge in [-0.25, -0.2) is 0 Å². The van der Waals surface area contributed by atoms with Crippen LogP contribution in [0.5, 0.6) is 5.75 Å². The Balaban J connectivity index is 2.21. The number of rotatable bonds is 5. The van der Waals surface area contributed by atoms with Crippen LogP contribution in [-0.2, 0) is 6.54 Å². The van der Waals surface area contributed by atoms with E-state index in [1.54, 1.807) is 36.2 Å². The molecule has 0 saturated carbocycles. The van der Waals surface area contributed by atoms with Gasteiger partial charge in [-0.05, 0) is 31.2 Å². The maximum atomic E-state index is 12.1. The van der Waals surface area contributed by atoms with Gasteiger partial charge in [-0.2, -0.15) is 5.10 Å². The summed E-state index contributed by atoms with van der Waals surface area (Å²) >= 11 is 0. The number of carbonyl (C=O) groups is 1. The number of allylic oxidation sites excluding steroid dienone is 1. The fourth-order valence-corrected chi connectivity index (χ4v) is 1.85. The van der Waals surface area contributed by atoms with Gasteiger partial charge in [0.1, 0.15) is 11.4 Å². The monoisotopic (exact) mass is 256 g/mol. The number of aryl methyl sites for hydroxylation is 1. The van der Waals surface area contributed by atoms with Crippen molar-refractivity contribution in [1.29, 1.82) is 0 Å². The molecule has 98 valence electrons. The molecule has 4 nitrogen and oxygen atoms in total. The zero-order valence-corrected chi connectivity index (χ0v) is 11.0. The molecule has 0 saturated heterocycles. The van der Waals surface area contributed by atoms with Crippen LogP contribution in [0.2, 0.25) is 0 Å². The molecule has 2 rings (SSSR count). The number of carbonyl (C=O) groups excluding carboxylic acids is 1. The molecule has 0 radical (unpaired) electrons. The molecule has 0 unspecified atom stereocenters. The maximum absolute atomic E-state index is 12.1. The molecular weight excluding hydrogens is 240 g/mol. The summed E-state index contributed by atoms with van der Waals surface area (Å²) in [6.07, 6.45) is 4.93. The number of ether oxygens (including phenoxy) is 1. The summed E-state index contributed by atoms with van der Waals surface area (Å²) in [5.74, 6) is 0.681. The molecule has 0 aliphatic rings. The van der Waals surface area contributed by atoms with Gasteiger partial charge >= 0.3 is 0 Å². The Bertz CT molecular complexity index is 600. The summed E-state index contributed by atoms with van der Waals surface area (Å²) in [5, 5.41) is 4.08. The molecule has 1 aromatic heterocycles. The topological polar surface area (TPSA) is 44.1 Å². The summed E-state index contributed by atoms with van der Waals surface area (Å²) in [6.45, 7) is 2.63. The molecule has 0 N–H and O–H groups in total. The van der Waals surface area contributed by atoms with E-state index in [1.807, 2.05) is 31.2 Å². The van der Waals surface area contributed by atoms with Gasteiger partial charge in [0, 0.05) is 18.3 Å². The van der Waals surface area contributed by atoms with Crippen molar-refractivity contribution >= 4 is 11.9 Å². The number of methoxy groups -OCH3 is 1. The highest BCUT2D eigenvalue weighted by Gasteiger charge is 2.07. The van der Waals surface area contributed by atoms with E-state index in [-0.39, 0.29) is 5.78 Å². The number of aromatic nitrogens is 2. The van der Waals surface area contributed by atoms with E-state index in [2.05, 4.69) is 5.10 Å². The number of hydrogen-bond acceptors (Lipinski definition) is 3. The number of ketones is 1. The first-order valence-corrected chi connectivity index (χ1v) is 6.13. The predicted molar refractivity (Wildman–Crippen MR) is 74.3 cm³/mol. The van der Waals surface area contributed by atoms with Crippen molar-refractivity contribution in [3.63, 3.8) is 0 Å². The van der Waals surface area contributed by atoms with Crippen molar-refractivity contribution in [3.05, 3.63) is 53.9 Å². The molecule has 19 heavy (non-hydrogen) atoms. The lowest BCUT2D eigenvalue weighted by Gasteiger charge is -2.03. The largest absolute Gasteiger partial charge is 0.496 e. The normalized spacial score (nSPS) is 10.8. The molecule has 1 heterocycles. The van der Waals surface area contributed by atoms with E-state index in [0.29, 0.717) is 12.2 Å². The van der Waals surface area contributed by atoms with Crippen LogP contribution in [0.15, 0.2) is 42.6 Å². The minimum atomic E-state index is -0.0646. The molecule has 0 bridgehead atoms. The van der Waals surface area contributed by atoms with Crippen LogP contribution in [0, 0.1) is 0 Å². The molecule has 0 amide bonds. The van der Waals surface area contributed by atoms with Crippen LogP contribution in [0.1, 0.15) is 23.0 Å². The van der Waals surface area contributed by atoms with Crippen LogP contribution < -0.4 is 4.74 Å². The Hall–Kier alpha value is -2.36. The molecule has 0 atom stereocenters. The molecule has 0 spiro atoms. The Morgan fingerprint density at radius 3 is 2.89 bits per heavy atom. The average Bonchev–Trinajstić information content (AvgIpc) is 2.93. The van der Waals surface area contributed by atoms with Gasteiger partial charge in [-0.3, -0.25) is 9.48 Å². The minimum absolute atomic E-state index is 0.0646. The average molecular weight is 256 g/mol. The van der Waals surface area contributed by atoms with E-state index in [0.717, 1.165) is 11.3 Å². The highest BCUT2D eigenvalue weighted by Crippen LogP contribution is 2.18. The van der Waals surface area contributed by atoms with Crippen molar-refractivity contribution in [2.24, 2.45) is 0 Å². The lowest BCUT2D eigenvalue weighted by Crippen LogP contribution is -2.07. The molecule has 2 aromatic rings. The third kappa shape index (κ3) is 2.91. The molecular formula is C15H16N2O2. The Kier molecular flexibility index (Phi) is 4.13. The van der Waals surface area contributed by atoms with Crippen molar-refractivity contribution in [3.8, 4) is 5.75 Å². The van der Waals surface area contributed by atoms with Gasteiger partial charge in [-0.15, -0.1) is 0 Å². The highest BCUT2D eigenvalue weighted by atomic mass is 16.5. The quantitative estimate of drug-likeness (QED) is 0.610. The smallest absolute Gasteiger partial charge is 0.203 e. The molecule has 4 heteroatoms. The Morgan fingerprint density at radius 2 is 2.16 bits per heavy atom. The number of benzene rings is 1. The Labute approximate surface area is 112 Å². The summed E-state index contributed by atoms with van der Waals surface area (Å²) in [6, 6.07) is 9.28. The molecule has 0 fully saturated rings. The van der Waals surface area contributed by atoms with Crippen LogP contribution in [0.4, 0.5) is 0 Å². The van der Waals surface area contributed by atoms with Gasteiger partial charge in [0.05, 0.1) is 7.11 Å². The van der Waals surface area contributed by atoms with Crippen LogP contribution in [0.3, 0.4) is 0 Å². The second kappa shape index (κ2) is 6.00. The summed E-state index contributed by atoms with van der Waals surface area (Å²) in [5.41, 5.74) is 1.47. The van der Waals surface area contributed by atoms with Gasteiger partial charge in [0.25, 0.3) is 0 Å².